The molecule has 0 unspecified atom stereocenters. The lowest BCUT2D eigenvalue weighted by Crippen LogP contribution is -2.50. The first-order valence-electron chi connectivity index (χ1n) is 9.14. The number of benzene rings is 1. The standard InChI is InChI=1S/C20H22N4O3/c1-22-7-6-16(13-22)20(27)24-10-8-23(9-11-24)19(26)15-2-4-17-14(12-15)3-5-18(25)21-17/h2,4,6-7,12-13H,3,5,8-11H2,1H3,(H,21,25). The highest BCUT2D eigenvalue weighted by Crippen LogP contribution is 2.24. The number of fused-ring (bicyclic) bond motifs is 1. The summed E-state index contributed by atoms with van der Waals surface area (Å²) in [4.78, 5) is 40.4. The summed E-state index contributed by atoms with van der Waals surface area (Å²) < 4.78 is 1.85. The zero-order chi connectivity index (χ0) is 19.0. The highest BCUT2D eigenvalue weighted by Gasteiger charge is 2.26. The largest absolute Gasteiger partial charge is 0.356 e. The third-order valence-electron chi connectivity index (χ3n) is 5.18. The Labute approximate surface area is 157 Å². The average molecular weight is 366 g/mol. The van der Waals surface area contributed by atoms with Crippen molar-refractivity contribution in [1.82, 2.24) is 14.4 Å². The zero-order valence-electron chi connectivity index (χ0n) is 15.3. The van der Waals surface area contributed by atoms with E-state index in [0.717, 1.165) is 11.3 Å². The van der Waals surface area contributed by atoms with Crippen LogP contribution in [0.25, 0.3) is 0 Å². The monoisotopic (exact) mass is 366 g/mol. The van der Waals surface area contributed by atoms with Crippen molar-refractivity contribution in [2.24, 2.45) is 7.05 Å². The molecular weight excluding hydrogens is 344 g/mol. The Bertz CT molecular complexity index is 910. The fourth-order valence-electron chi connectivity index (χ4n) is 3.62. The molecule has 1 aromatic carbocycles. The van der Waals surface area contributed by atoms with Crippen LogP contribution in [0.3, 0.4) is 0 Å². The van der Waals surface area contributed by atoms with Gasteiger partial charge in [0, 0.05) is 63.3 Å². The number of aryl methyl sites for hydroxylation is 2. The fraction of sp³-hybridized carbons (Fsp3) is 0.350. The molecule has 0 radical (unpaired) electrons. The minimum absolute atomic E-state index is 0.00669. The lowest BCUT2D eigenvalue weighted by atomic mass is 10.00. The average Bonchev–Trinajstić information content (AvgIpc) is 3.13. The number of anilines is 1. The van der Waals surface area contributed by atoms with E-state index in [-0.39, 0.29) is 17.7 Å². The van der Waals surface area contributed by atoms with Gasteiger partial charge in [-0.2, -0.15) is 0 Å². The van der Waals surface area contributed by atoms with Gasteiger partial charge in [-0.15, -0.1) is 0 Å². The quantitative estimate of drug-likeness (QED) is 0.875. The SMILES string of the molecule is Cn1ccc(C(=O)N2CCN(C(=O)c3ccc4c(c3)CCC(=O)N4)CC2)c1. The van der Waals surface area contributed by atoms with E-state index >= 15 is 0 Å². The Morgan fingerprint density at radius 3 is 2.22 bits per heavy atom. The molecule has 27 heavy (non-hydrogen) atoms. The summed E-state index contributed by atoms with van der Waals surface area (Å²) in [6.07, 6.45) is 4.77. The first kappa shape index (κ1) is 17.3. The molecular formula is C20H22N4O3. The van der Waals surface area contributed by atoms with E-state index in [2.05, 4.69) is 5.32 Å². The molecule has 0 aliphatic carbocycles. The maximum absolute atomic E-state index is 12.8. The van der Waals surface area contributed by atoms with Crippen molar-refractivity contribution in [2.45, 2.75) is 12.8 Å². The topological polar surface area (TPSA) is 74.7 Å². The van der Waals surface area contributed by atoms with E-state index in [1.807, 2.05) is 36.1 Å². The van der Waals surface area contributed by atoms with Crippen LogP contribution < -0.4 is 5.32 Å². The van der Waals surface area contributed by atoms with Crippen LogP contribution in [-0.4, -0.2) is 58.3 Å². The van der Waals surface area contributed by atoms with Crippen molar-refractivity contribution >= 4 is 23.4 Å². The predicted octanol–water partition coefficient (Wildman–Crippen LogP) is 1.51. The molecule has 7 heteroatoms. The Hall–Kier alpha value is -3.09. The highest BCUT2D eigenvalue weighted by atomic mass is 16.2. The van der Waals surface area contributed by atoms with Gasteiger partial charge in [0.1, 0.15) is 0 Å². The smallest absolute Gasteiger partial charge is 0.255 e. The summed E-state index contributed by atoms with van der Waals surface area (Å²) in [5, 5.41) is 2.83. The molecule has 0 saturated carbocycles. The molecule has 3 amide bonds. The number of piperazine rings is 1. The van der Waals surface area contributed by atoms with Crippen molar-refractivity contribution in [3.05, 3.63) is 53.3 Å². The summed E-state index contributed by atoms with van der Waals surface area (Å²) in [6, 6.07) is 7.24. The highest BCUT2D eigenvalue weighted by molar-refractivity contribution is 5.98. The molecule has 3 heterocycles. The maximum Gasteiger partial charge on any atom is 0.255 e. The van der Waals surface area contributed by atoms with Crippen LogP contribution in [0.15, 0.2) is 36.7 Å². The third-order valence-corrected chi connectivity index (χ3v) is 5.18. The third kappa shape index (κ3) is 3.45. The van der Waals surface area contributed by atoms with Crippen LogP contribution in [-0.2, 0) is 18.3 Å². The second-order valence-corrected chi connectivity index (χ2v) is 7.07. The summed E-state index contributed by atoms with van der Waals surface area (Å²) in [5.41, 5.74) is 3.10. The van der Waals surface area contributed by atoms with E-state index in [0.29, 0.717) is 50.1 Å². The number of carbonyl (C=O) groups is 3. The van der Waals surface area contributed by atoms with Crippen LogP contribution in [0.4, 0.5) is 5.69 Å². The zero-order valence-corrected chi connectivity index (χ0v) is 15.3. The number of nitrogens with zero attached hydrogens (tertiary/aromatic N) is 3. The van der Waals surface area contributed by atoms with Gasteiger partial charge in [0.05, 0.1) is 5.56 Å². The lowest BCUT2D eigenvalue weighted by Gasteiger charge is -2.34. The van der Waals surface area contributed by atoms with Crippen molar-refractivity contribution < 1.29 is 14.4 Å². The molecule has 7 nitrogen and oxygen atoms in total. The summed E-state index contributed by atoms with van der Waals surface area (Å²) in [5.74, 6) is -0.00508. The van der Waals surface area contributed by atoms with E-state index in [9.17, 15) is 14.4 Å². The van der Waals surface area contributed by atoms with Crippen LogP contribution in [0.5, 0.6) is 0 Å². The van der Waals surface area contributed by atoms with Gasteiger partial charge in [-0.3, -0.25) is 14.4 Å². The molecule has 0 atom stereocenters. The first-order chi connectivity index (χ1) is 13.0. The predicted molar refractivity (Wildman–Crippen MR) is 101 cm³/mol. The lowest BCUT2D eigenvalue weighted by molar-refractivity contribution is -0.116. The summed E-state index contributed by atoms with van der Waals surface area (Å²) >= 11 is 0. The Kier molecular flexibility index (Phi) is 4.43. The molecule has 1 saturated heterocycles. The van der Waals surface area contributed by atoms with Gasteiger partial charge < -0.3 is 19.7 Å². The molecule has 2 aliphatic heterocycles. The van der Waals surface area contributed by atoms with Gasteiger partial charge in [0.25, 0.3) is 11.8 Å². The van der Waals surface area contributed by atoms with Crippen LogP contribution >= 0.6 is 0 Å². The molecule has 1 N–H and O–H groups in total. The number of hydrogen-bond donors (Lipinski definition) is 1. The first-order valence-corrected chi connectivity index (χ1v) is 9.14. The molecule has 140 valence electrons. The number of aromatic nitrogens is 1. The van der Waals surface area contributed by atoms with Gasteiger partial charge in [-0.25, -0.2) is 0 Å². The fourth-order valence-corrected chi connectivity index (χ4v) is 3.62. The number of nitrogens with one attached hydrogen (secondary N) is 1. The van der Waals surface area contributed by atoms with Gasteiger partial charge in [0.15, 0.2) is 0 Å². The molecule has 4 rings (SSSR count). The van der Waals surface area contributed by atoms with Gasteiger partial charge in [-0.1, -0.05) is 0 Å². The van der Waals surface area contributed by atoms with Crippen molar-refractivity contribution in [1.29, 1.82) is 0 Å². The normalized spacial score (nSPS) is 16.7. The number of hydrogen-bond acceptors (Lipinski definition) is 3. The van der Waals surface area contributed by atoms with E-state index in [1.54, 1.807) is 21.9 Å². The Morgan fingerprint density at radius 2 is 1.59 bits per heavy atom. The minimum atomic E-state index is -0.0264. The van der Waals surface area contributed by atoms with Crippen LogP contribution in [0, 0.1) is 0 Å². The molecule has 1 fully saturated rings. The van der Waals surface area contributed by atoms with E-state index < -0.39 is 0 Å². The van der Waals surface area contributed by atoms with Crippen molar-refractivity contribution in [3.8, 4) is 0 Å². The molecule has 0 spiro atoms. The number of rotatable bonds is 2. The van der Waals surface area contributed by atoms with Gasteiger partial charge in [-0.05, 0) is 36.2 Å². The molecule has 1 aromatic heterocycles. The van der Waals surface area contributed by atoms with E-state index in [1.165, 1.54) is 0 Å². The Morgan fingerprint density at radius 1 is 0.926 bits per heavy atom. The summed E-state index contributed by atoms with van der Waals surface area (Å²) in [7, 11) is 1.89. The van der Waals surface area contributed by atoms with E-state index in [4.69, 9.17) is 0 Å². The van der Waals surface area contributed by atoms with Crippen LogP contribution in [0.1, 0.15) is 32.7 Å². The minimum Gasteiger partial charge on any atom is -0.356 e. The molecule has 2 aliphatic rings. The second-order valence-electron chi connectivity index (χ2n) is 7.07. The second kappa shape index (κ2) is 6.90. The van der Waals surface area contributed by atoms with Crippen LogP contribution in [0.2, 0.25) is 0 Å². The van der Waals surface area contributed by atoms with Gasteiger partial charge >= 0.3 is 0 Å². The number of amides is 3. The van der Waals surface area contributed by atoms with Crippen molar-refractivity contribution in [2.75, 3.05) is 31.5 Å². The molecule has 2 aromatic rings. The summed E-state index contributed by atoms with van der Waals surface area (Å²) in [6.45, 7) is 2.09. The number of carbonyl (C=O) groups excluding carboxylic acids is 3. The molecule has 0 bridgehead atoms. The van der Waals surface area contributed by atoms with Gasteiger partial charge in [0.2, 0.25) is 5.91 Å². The maximum atomic E-state index is 12.8. The Balaban J connectivity index is 1.40. The van der Waals surface area contributed by atoms with Crippen molar-refractivity contribution in [3.63, 3.8) is 0 Å².